The SMILES string of the molecule is C=CCCC=CC1CCC(c2ccc(CCC)cc2)CC1. The average Bonchev–Trinajstić information content (AvgIpc) is 2.53. The third-order valence-electron chi connectivity index (χ3n) is 4.71. The number of hydrogen-bond donors (Lipinski definition) is 0. The Morgan fingerprint density at radius 3 is 2.38 bits per heavy atom. The molecule has 0 spiro atoms. The van der Waals surface area contributed by atoms with E-state index >= 15 is 0 Å². The van der Waals surface area contributed by atoms with Crippen LogP contribution in [0.4, 0.5) is 0 Å². The highest BCUT2D eigenvalue weighted by Gasteiger charge is 2.20. The van der Waals surface area contributed by atoms with E-state index in [9.17, 15) is 0 Å². The second kappa shape index (κ2) is 8.87. The largest absolute Gasteiger partial charge is 0.103 e. The van der Waals surface area contributed by atoms with Crippen molar-refractivity contribution in [1.29, 1.82) is 0 Å². The first-order valence-corrected chi connectivity index (χ1v) is 8.70. The Kier molecular flexibility index (Phi) is 6.79. The summed E-state index contributed by atoms with van der Waals surface area (Å²) in [6, 6.07) is 9.41. The lowest BCUT2D eigenvalue weighted by molar-refractivity contribution is 0.375. The molecule has 114 valence electrons. The normalized spacial score (nSPS) is 22.5. The zero-order chi connectivity index (χ0) is 14.9. The Hall–Kier alpha value is -1.30. The van der Waals surface area contributed by atoms with Gasteiger partial charge in [-0.2, -0.15) is 0 Å². The summed E-state index contributed by atoms with van der Waals surface area (Å²) in [5.74, 6) is 1.60. The van der Waals surface area contributed by atoms with Crippen molar-refractivity contribution in [2.75, 3.05) is 0 Å². The van der Waals surface area contributed by atoms with Gasteiger partial charge in [0, 0.05) is 0 Å². The molecule has 0 unspecified atom stereocenters. The lowest BCUT2D eigenvalue weighted by Crippen LogP contribution is -2.11. The summed E-state index contributed by atoms with van der Waals surface area (Å²) in [5.41, 5.74) is 3.05. The summed E-state index contributed by atoms with van der Waals surface area (Å²) in [5, 5.41) is 0. The van der Waals surface area contributed by atoms with E-state index in [1.165, 1.54) is 44.1 Å². The van der Waals surface area contributed by atoms with Crippen LogP contribution in [-0.2, 0) is 6.42 Å². The molecule has 0 aliphatic heterocycles. The molecule has 21 heavy (non-hydrogen) atoms. The number of allylic oxidation sites excluding steroid dienone is 3. The third-order valence-corrected chi connectivity index (χ3v) is 4.71. The quantitative estimate of drug-likeness (QED) is 0.399. The second-order valence-electron chi connectivity index (χ2n) is 6.40. The molecule has 0 nitrogen and oxygen atoms in total. The Balaban J connectivity index is 1.80. The van der Waals surface area contributed by atoms with Gasteiger partial charge in [0.2, 0.25) is 0 Å². The summed E-state index contributed by atoms with van der Waals surface area (Å²) in [7, 11) is 0. The third kappa shape index (κ3) is 5.19. The van der Waals surface area contributed by atoms with Crippen LogP contribution in [0.2, 0.25) is 0 Å². The summed E-state index contributed by atoms with van der Waals surface area (Å²) in [6.45, 7) is 6.02. The van der Waals surface area contributed by atoms with Crippen LogP contribution in [0.5, 0.6) is 0 Å². The van der Waals surface area contributed by atoms with E-state index in [0.29, 0.717) is 0 Å². The molecule has 1 aromatic rings. The minimum absolute atomic E-state index is 0.790. The molecular formula is C21H30. The van der Waals surface area contributed by atoms with E-state index < -0.39 is 0 Å². The summed E-state index contributed by atoms with van der Waals surface area (Å²) in [4.78, 5) is 0. The fraction of sp³-hybridized carbons (Fsp3) is 0.524. The standard InChI is InChI=1S/C21H30/c1-3-5-6-7-9-19-12-16-21(17-13-19)20-14-10-18(8-4-2)11-15-20/h3,7,9-11,14-15,19,21H,1,4-6,8,12-13,16-17H2,2H3. The number of unbranched alkanes of at least 4 members (excludes halogenated alkanes) is 1. The molecular weight excluding hydrogens is 252 g/mol. The lowest BCUT2D eigenvalue weighted by atomic mass is 9.78. The van der Waals surface area contributed by atoms with Crippen LogP contribution < -0.4 is 0 Å². The maximum absolute atomic E-state index is 3.77. The topological polar surface area (TPSA) is 0 Å². The van der Waals surface area contributed by atoms with Gasteiger partial charge < -0.3 is 0 Å². The van der Waals surface area contributed by atoms with Gasteiger partial charge in [-0.3, -0.25) is 0 Å². The van der Waals surface area contributed by atoms with Gasteiger partial charge in [0.1, 0.15) is 0 Å². The van der Waals surface area contributed by atoms with Crippen molar-refractivity contribution in [2.45, 2.75) is 64.2 Å². The molecule has 1 aliphatic rings. The van der Waals surface area contributed by atoms with Crippen LogP contribution >= 0.6 is 0 Å². The van der Waals surface area contributed by atoms with Crippen molar-refractivity contribution in [3.63, 3.8) is 0 Å². The lowest BCUT2D eigenvalue weighted by Gasteiger charge is -2.27. The van der Waals surface area contributed by atoms with Crippen LogP contribution in [-0.4, -0.2) is 0 Å². The number of hydrogen-bond acceptors (Lipinski definition) is 0. The van der Waals surface area contributed by atoms with Gasteiger partial charge in [-0.1, -0.05) is 55.8 Å². The van der Waals surface area contributed by atoms with E-state index in [2.05, 4.69) is 49.9 Å². The Bertz CT molecular complexity index is 430. The highest BCUT2D eigenvalue weighted by molar-refractivity contribution is 5.26. The highest BCUT2D eigenvalue weighted by Crippen LogP contribution is 2.36. The second-order valence-corrected chi connectivity index (χ2v) is 6.40. The number of aryl methyl sites for hydroxylation is 1. The van der Waals surface area contributed by atoms with Crippen molar-refractivity contribution in [1.82, 2.24) is 0 Å². The zero-order valence-corrected chi connectivity index (χ0v) is 13.6. The molecule has 1 aromatic carbocycles. The highest BCUT2D eigenvalue weighted by atomic mass is 14.3. The van der Waals surface area contributed by atoms with Gasteiger partial charge in [-0.25, -0.2) is 0 Å². The smallest absolute Gasteiger partial charge is 0.0162 e. The van der Waals surface area contributed by atoms with Crippen molar-refractivity contribution < 1.29 is 0 Å². The van der Waals surface area contributed by atoms with Crippen molar-refractivity contribution in [3.05, 3.63) is 60.2 Å². The molecule has 1 saturated carbocycles. The van der Waals surface area contributed by atoms with Crippen LogP contribution in [0.3, 0.4) is 0 Å². The van der Waals surface area contributed by atoms with Gasteiger partial charge in [0.05, 0.1) is 0 Å². The van der Waals surface area contributed by atoms with Gasteiger partial charge in [0.15, 0.2) is 0 Å². The average molecular weight is 282 g/mol. The van der Waals surface area contributed by atoms with E-state index in [1.807, 2.05) is 6.08 Å². The Morgan fingerprint density at radius 1 is 1.05 bits per heavy atom. The van der Waals surface area contributed by atoms with Crippen molar-refractivity contribution in [2.24, 2.45) is 5.92 Å². The molecule has 0 radical (unpaired) electrons. The van der Waals surface area contributed by atoms with Gasteiger partial charge in [-0.15, -0.1) is 6.58 Å². The van der Waals surface area contributed by atoms with Gasteiger partial charge in [-0.05, 0) is 67.9 Å². The summed E-state index contributed by atoms with van der Waals surface area (Å²) < 4.78 is 0. The van der Waals surface area contributed by atoms with Gasteiger partial charge >= 0.3 is 0 Å². The molecule has 0 heterocycles. The molecule has 1 fully saturated rings. The fourth-order valence-electron chi connectivity index (χ4n) is 3.39. The van der Waals surface area contributed by atoms with E-state index in [4.69, 9.17) is 0 Å². The van der Waals surface area contributed by atoms with E-state index in [-0.39, 0.29) is 0 Å². The molecule has 2 rings (SSSR count). The molecule has 0 N–H and O–H groups in total. The van der Waals surface area contributed by atoms with Crippen molar-refractivity contribution in [3.8, 4) is 0 Å². The predicted octanol–water partition coefficient (Wildman–Crippen LogP) is 6.44. The van der Waals surface area contributed by atoms with Crippen LogP contribution in [0.1, 0.15) is 68.9 Å². The Morgan fingerprint density at radius 2 is 1.76 bits per heavy atom. The molecule has 0 atom stereocenters. The number of rotatable bonds is 7. The first-order valence-electron chi connectivity index (χ1n) is 8.70. The van der Waals surface area contributed by atoms with Crippen molar-refractivity contribution >= 4 is 0 Å². The molecule has 1 aliphatic carbocycles. The molecule has 0 bridgehead atoms. The maximum atomic E-state index is 3.77. The monoisotopic (exact) mass is 282 g/mol. The molecule has 0 amide bonds. The minimum atomic E-state index is 0.790. The molecule has 0 heteroatoms. The van der Waals surface area contributed by atoms with E-state index in [0.717, 1.165) is 24.7 Å². The molecule has 0 aromatic heterocycles. The van der Waals surface area contributed by atoms with E-state index in [1.54, 1.807) is 5.56 Å². The number of benzene rings is 1. The minimum Gasteiger partial charge on any atom is -0.103 e. The van der Waals surface area contributed by atoms with Gasteiger partial charge in [0.25, 0.3) is 0 Å². The van der Waals surface area contributed by atoms with Crippen LogP contribution in [0, 0.1) is 5.92 Å². The predicted molar refractivity (Wildman–Crippen MR) is 93.7 cm³/mol. The summed E-state index contributed by atoms with van der Waals surface area (Å²) in [6.07, 6.45) is 16.9. The molecule has 0 saturated heterocycles. The first kappa shape index (κ1) is 16.1. The summed E-state index contributed by atoms with van der Waals surface area (Å²) >= 11 is 0. The first-order chi connectivity index (χ1) is 10.3. The van der Waals surface area contributed by atoms with Crippen LogP contribution in [0.25, 0.3) is 0 Å². The zero-order valence-electron chi connectivity index (χ0n) is 13.6. The maximum Gasteiger partial charge on any atom is -0.0162 e. The van der Waals surface area contributed by atoms with Crippen LogP contribution in [0.15, 0.2) is 49.1 Å². The fourth-order valence-corrected chi connectivity index (χ4v) is 3.39. The Labute approximate surface area is 131 Å².